The summed E-state index contributed by atoms with van der Waals surface area (Å²) in [6.07, 6.45) is 4.86. The monoisotopic (exact) mass is 296 g/mol. The van der Waals surface area contributed by atoms with Crippen molar-refractivity contribution in [2.75, 3.05) is 39.5 Å². The van der Waals surface area contributed by atoms with Gasteiger partial charge in [0.2, 0.25) is 0 Å². The standard InChI is InChI=1S/C16H23NO2.ClH/c1-3-14-5-6-16(13-15(14)4-1)19-10-2-7-17-8-11-18-12-9-17;/h5-6,13H,1-4,7-12H2;1H/p-1. The van der Waals surface area contributed by atoms with Crippen LogP contribution in [0.3, 0.4) is 0 Å². The maximum absolute atomic E-state index is 5.86. The van der Waals surface area contributed by atoms with E-state index in [1.807, 2.05) is 0 Å². The normalized spacial score (nSPS) is 18.4. The second-order valence-corrected chi connectivity index (χ2v) is 5.44. The molecule has 0 amide bonds. The van der Waals surface area contributed by atoms with Crippen LogP contribution in [0.1, 0.15) is 24.0 Å². The van der Waals surface area contributed by atoms with E-state index in [1.165, 1.54) is 30.4 Å². The lowest BCUT2D eigenvalue weighted by molar-refractivity contribution is -0.00000567. The minimum absolute atomic E-state index is 0. The Hall–Kier alpha value is -0.770. The number of morpholine rings is 1. The second kappa shape index (κ2) is 7.87. The molecule has 1 aliphatic heterocycles. The van der Waals surface area contributed by atoms with Gasteiger partial charge in [-0.25, -0.2) is 0 Å². The van der Waals surface area contributed by atoms with Crippen LogP contribution in [0.15, 0.2) is 18.2 Å². The van der Waals surface area contributed by atoms with Crippen LogP contribution in [0.25, 0.3) is 0 Å². The van der Waals surface area contributed by atoms with E-state index in [0.29, 0.717) is 0 Å². The molecule has 4 heteroatoms. The molecule has 3 nitrogen and oxygen atoms in total. The highest BCUT2D eigenvalue weighted by Crippen LogP contribution is 2.26. The third-order valence-corrected chi connectivity index (χ3v) is 4.06. The van der Waals surface area contributed by atoms with Gasteiger partial charge in [-0.3, -0.25) is 4.90 Å². The Morgan fingerprint density at radius 3 is 2.75 bits per heavy atom. The van der Waals surface area contributed by atoms with Crippen molar-refractivity contribution >= 4 is 0 Å². The van der Waals surface area contributed by atoms with Crippen LogP contribution in [0.2, 0.25) is 0 Å². The third-order valence-electron chi connectivity index (χ3n) is 4.06. The highest BCUT2D eigenvalue weighted by atomic mass is 35.5. The van der Waals surface area contributed by atoms with Gasteiger partial charge in [0.25, 0.3) is 0 Å². The number of nitrogens with zero attached hydrogens (tertiary/aromatic N) is 1. The summed E-state index contributed by atoms with van der Waals surface area (Å²) in [6.45, 7) is 5.83. The van der Waals surface area contributed by atoms with E-state index < -0.39 is 0 Å². The maximum Gasteiger partial charge on any atom is 0.119 e. The average Bonchev–Trinajstić information content (AvgIpc) is 2.92. The summed E-state index contributed by atoms with van der Waals surface area (Å²) in [6, 6.07) is 6.59. The molecule has 0 N–H and O–H groups in total. The summed E-state index contributed by atoms with van der Waals surface area (Å²) < 4.78 is 11.2. The molecule has 0 radical (unpaired) electrons. The largest absolute Gasteiger partial charge is 1.00 e. The first-order valence-corrected chi connectivity index (χ1v) is 7.46. The van der Waals surface area contributed by atoms with Crippen molar-refractivity contribution in [1.29, 1.82) is 0 Å². The van der Waals surface area contributed by atoms with Gasteiger partial charge in [0, 0.05) is 19.6 Å². The molecule has 3 rings (SSSR count). The minimum Gasteiger partial charge on any atom is -1.00 e. The molecule has 1 aliphatic carbocycles. The predicted molar refractivity (Wildman–Crippen MR) is 75.8 cm³/mol. The SMILES string of the molecule is [Cl-].c1cc2c(cc1OCCCN1CCOCC1)CCC2. The molecule has 1 aromatic rings. The van der Waals surface area contributed by atoms with E-state index in [2.05, 4.69) is 23.1 Å². The number of aryl methyl sites for hydroxylation is 2. The Morgan fingerprint density at radius 2 is 1.90 bits per heavy atom. The van der Waals surface area contributed by atoms with Crippen molar-refractivity contribution in [3.8, 4) is 5.75 Å². The predicted octanol–water partition coefficient (Wildman–Crippen LogP) is -0.720. The third kappa shape index (κ3) is 4.11. The highest BCUT2D eigenvalue weighted by Gasteiger charge is 2.12. The van der Waals surface area contributed by atoms with E-state index in [1.54, 1.807) is 0 Å². The lowest BCUT2D eigenvalue weighted by Gasteiger charge is -2.26. The Kier molecular flexibility index (Phi) is 6.14. The number of ether oxygens (including phenoxy) is 2. The number of rotatable bonds is 5. The van der Waals surface area contributed by atoms with Crippen molar-refractivity contribution in [3.05, 3.63) is 29.3 Å². The minimum atomic E-state index is 0. The Balaban J connectivity index is 0.00000147. The summed E-state index contributed by atoms with van der Waals surface area (Å²) in [5.74, 6) is 1.04. The highest BCUT2D eigenvalue weighted by molar-refractivity contribution is 5.38. The van der Waals surface area contributed by atoms with Crippen LogP contribution in [-0.4, -0.2) is 44.4 Å². The number of halogens is 1. The van der Waals surface area contributed by atoms with Crippen LogP contribution < -0.4 is 17.1 Å². The van der Waals surface area contributed by atoms with Crippen LogP contribution in [-0.2, 0) is 17.6 Å². The van der Waals surface area contributed by atoms with Crippen LogP contribution in [0, 0.1) is 0 Å². The van der Waals surface area contributed by atoms with Gasteiger partial charge in [-0.05, 0) is 48.9 Å². The number of fused-ring (bicyclic) bond motifs is 1. The van der Waals surface area contributed by atoms with E-state index in [-0.39, 0.29) is 12.4 Å². The second-order valence-electron chi connectivity index (χ2n) is 5.44. The summed E-state index contributed by atoms with van der Waals surface area (Å²) in [5, 5.41) is 0. The first-order chi connectivity index (χ1) is 9.42. The zero-order valence-corrected chi connectivity index (χ0v) is 12.7. The lowest BCUT2D eigenvalue weighted by Crippen LogP contribution is -3.00. The molecule has 0 spiro atoms. The molecule has 1 fully saturated rings. The van der Waals surface area contributed by atoms with Crippen LogP contribution in [0.4, 0.5) is 0 Å². The van der Waals surface area contributed by atoms with E-state index in [0.717, 1.165) is 51.6 Å². The topological polar surface area (TPSA) is 21.7 Å². The Bertz CT molecular complexity index is 419. The van der Waals surface area contributed by atoms with E-state index >= 15 is 0 Å². The van der Waals surface area contributed by atoms with Gasteiger partial charge in [-0.1, -0.05) is 6.07 Å². The first-order valence-electron chi connectivity index (χ1n) is 7.46. The first kappa shape index (κ1) is 15.6. The number of benzene rings is 1. The molecule has 1 saturated heterocycles. The van der Waals surface area contributed by atoms with Gasteiger partial charge >= 0.3 is 0 Å². The van der Waals surface area contributed by atoms with Gasteiger partial charge in [0.1, 0.15) is 5.75 Å². The molecule has 0 atom stereocenters. The van der Waals surface area contributed by atoms with Crippen LogP contribution >= 0.6 is 0 Å². The zero-order valence-electron chi connectivity index (χ0n) is 11.9. The molecular weight excluding hydrogens is 274 g/mol. The Labute approximate surface area is 127 Å². The lowest BCUT2D eigenvalue weighted by atomic mass is 10.1. The van der Waals surface area contributed by atoms with Crippen molar-refractivity contribution in [3.63, 3.8) is 0 Å². The molecule has 0 unspecified atom stereocenters. The molecule has 1 aromatic carbocycles. The smallest absolute Gasteiger partial charge is 0.119 e. The number of hydrogen-bond donors (Lipinski definition) is 0. The zero-order chi connectivity index (χ0) is 12.9. The fourth-order valence-electron chi connectivity index (χ4n) is 2.94. The maximum atomic E-state index is 5.86. The van der Waals surface area contributed by atoms with Crippen LogP contribution in [0.5, 0.6) is 5.75 Å². The van der Waals surface area contributed by atoms with Crippen molar-refractivity contribution < 1.29 is 21.9 Å². The van der Waals surface area contributed by atoms with Gasteiger partial charge < -0.3 is 21.9 Å². The van der Waals surface area contributed by atoms with Crippen molar-refractivity contribution in [1.82, 2.24) is 4.90 Å². The molecule has 0 aromatic heterocycles. The van der Waals surface area contributed by atoms with Crippen molar-refractivity contribution in [2.45, 2.75) is 25.7 Å². The molecule has 0 saturated carbocycles. The fraction of sp³-hybridized carbons (Fsp3) is 0.625. The fourth-order valence-corrected chi connectivity index (χ4v) is 2.94. The van der Waals surface area contributed by atoms with E-state index in [9.17, 15) is 0 Å². The summed E-state index contributed by atoms with van der Waals surface area (Å²) in [7, 11) is 0. The summed E-state index contributed by atoms with van der Waals surface area (Å²) in [5.41, 5.74) is 3.01. The summed E-state index contributed by atoms with van der Waals surface area (Å²) in [4.78, 5) is 2.45. The molecule has 20 heavy (non-hydrogen) atoms. The average molecular weight is 297 g/mol. The van der Waals surface area contributed by atoms with Gasteiger partial charge in [0.15, 0.2) is 0 Å². The number of hydrogen-bond acceptors (Lipinski definition) is 3. The van der Waals surface area contributed by atoms with Gasteiger partial charge in [0.05, 0.1) is 19.8 Å². The Morgan fingerprint density at radius 1 is 1.10 bits per heavy atom. The molecule has 0 bridgehead atoms. The van der Waals surface area contributed by atoms with Gasteiger partial charge in [-0.15, -0.1) is 0 Å². The van der Waals surface area contributed by atoms with Gasteiger partial charge in [-0.2, -0.15) is 0 Å². The quantitative estimate of drug-likeness (QED) is 0.670. The molecule has 112 valence electrons. The van der Waals surface area contributed by atoms with E-state index in [4.69, 9.17) is 9.47 Å². The summed E-state index contributed by atoms with van der Waals surface area (Å²) >= 11 is 0. The molecule has 2 aliphatic rings. The molecular formula is C16H23ClNO2-. The van der Waals surface area contributed by atoms with Crippen molar-refractivity contribution in [2.24, 2.45) is 0 Å². The molecule has 1 heterocycles.